The van der Waals surface area contributed by atoms with Crippen molar-refractivity contribution in [2.75, 3.05) is 13.1 Å². The van der Waals surface area contributed by atoms with Crippen molar-refractivity contribution in [2.24, 2.45) is 11.7 Å². The van der Waals surface area contributed by atoms with E-state index in [1.54, 1.807) is 0 Å². The lowest BCUT2D eigenvalue weighted by atomic mass is 9.92. The summed E-state index contributed by atoms with van der Waals surface area (Å²) in [6.45, 7) is 4.04. The van der Waals surface area contributed by atoms with Crippen molar-refractivity contribution in [3.8, 4) is 5.75 Å². The lowest BCUT2D eigenvalue weighted by molar-refractivity contribution is 0.0573. The molecule has 1 aliphatic rings. The molecule has 140 valence electrons. The highest BCUT2D eigenvalue weighted by atomic mass is 35.5. The smallest absolute Gasteiger partial charge is 0.254 e. The first-order valence-electron chi connectivity index (χ1n) is 8.95. The van der Waals surface area contributed by atoms with Gasteiger partial charge in [0.15, 0.2) is 0 Å². The molecule has 5 heteroatoms. The third kappa shape index (κ3) is 4.99. The SMILES string of the molecule is CC1CCN(C(=O)c2ccc(COc3ccccc3)cc2)C(CN)C1.Cl. The summed E-state index contributed by atoms with van der Waals surface area (Å²) in [5, 5.41) is 0. The van der Waals surface area contributed by atoms with Crippen LogP contribution in [-0.2, 0) is 6.61 Å². The number of piperidine rings is 1. The molecule has 0 spiro atoms. The Kier molecular flexibility index (Phi) is 7.49. The van der Waals surface area contributed by atoms with Gasteiger partial charge in [-0.1, -0.05) is 37.3 Å². The Morgan fingerprint density at radius 1 is 1.15 bits per heavy atom. The molecule has 1 fully saturated rings. The molecule has 2 atom stereocenters. The van der Waals surface area contributed by atoms with Gasteiger partial charge >= 0.3 is 0 Å². The fourth-order valence-corrected chi connectivity index (χ4v) is 3.34. The second-order valence-electron chi connectivity index (χ2n) is 6.82. The van der Waals surface area contributed by atoms with E-state index in [0.717, 1.165) is 36.3 Å². The summed E-state index contributed by atoms with van der Waals surface area (Å²) in [5.74, 6) is 1.56. The van der Waals surface area contributed by atoms with E-state index in [0.29, 0.717) is 19.1 Å². The van der Waals surface area contributed by atoms with Crippen molar-refractivity contribution in [3.05, 3.63) is 65.7 Å². The number of rotatable bonds is 5. The van der Waals surface area contributed by atoms with Crippen molar-refractivity contribution in [2.45, 2.75) is 32.4 Å². The van der Waals surface area contributed by atoms with Crippen LogP contribution in [0.25, 0.3) is 0 Å². The summed E-state index contributed by atoms with van der Waals surface area (Å²) < 4.78 is 5.74. The molecule has 3 rings (SSSR count). The first kappa shape index (κ1) is 20.3. The predicted octanol–water partition coefficient (Wildman–Crippen LogP) is 3.89. The highest BCUT2D eigenvalue weighted by Gasteiger charge is 2.29. The summed E-state index contributed by atoms with van der Waals surface area (Å²) in [6.07, 6.45) is 2.04. The number of para-hydroxylation sites is 1. The summed E-state index contributed by atoms with van der Waals surface area (Å²) in [6, 6.07) is 17.6. The lowest BCUT2D eigenvalue weighted by Gasteiger charge is -2.38. The lowest BCUT2D eigenvalue weighted by Crippen LogP contribution is -2.49. The molecule has 0 aliphatic carbocycles. The minimum atomic E-state index is 0. The van der Waals surface area contributed by atoms with E-state index in [2.05, 4.69) is 6.92 Å². The van der Waals surface area contributed by atoms with E-state index >= 15 is 0 Å². The average Bonchev–Trinajstić information content (AvgIpc) is 2.67. The number of hydrogen-bond donors (Lipinski definition) is 1. The Balaban J connectivity index is 0.00000243. The monoisotopic (exact) mass is 374 g/mol. The van der Waals surface area contributed by atoms with Crippen LogP contribution >= 0.6 is 12.4 Å². The molecule has 2 unspecified atom stereocenters. The van der Waals surface area contributed by atoms with Gasteiger partial charge in [0.2, 0.25) is 0 Å². The molecular weight excluding hydrogens is 348 g/mol. The van der Waals surface area contributed by atoms with Crippen molar-refractivity contribution in [3.63, 3.8) is 0 Å². The zero-order valence-corrected chi connectivity index (χ0v) is 16.0. The Morgan fingerprint density at radius 2 is 1.85 bits per heavy atom. The van der Waals surface area contributed by atoms with E-state index < -0.39 is 0 Å². The van der Waals surface area contributed by atoms with Crippen LogP contribution in [0.15, 0.2) is 54.6 Å². The fraction of sp³-hybridized carbons (Fsp3) is 0.381. The summed E-state index contributed by atoms with van der Waals surface area (Å²) in [4.78, 5) is 14.7. The standard InChI is InChI=1S/C21H26N2O2.ClH/c1-16-11-12-23(19(13-16)14-22)21(24)18-9-7-17(8-10-18)15-25-20-5-3-2-4-6-20;/h2-10,16,19H,11-15,22H2,1H3;1H. The number of likely N-dealkylation sites (tertiary alicyclic amines) is 1. The van der Waals surface area contributed by atoms with Crippen molar-refractivity contribution in [1.29, 1.82) is 0 Å². The van der Waals surface area contributed by atoms with E-state index in [1.165, 1.54) is 0 Å². The van der Waals surface area contributed by atoms with E-state index in [-0.39, 0.29) is 24.4 Å². The van der Waals surface area contributed by atoms with E-state index in [1.807, 2.05) is 59.5 Å². The third-order valence-corrected chi connectivity index (χ3v) is 4.86. The predicted molar refractivity (Wildman–Crippen MR) is 107 cm³/mol. The number of nitrogens with two attached hydrogens (primary N) is 1. The van der Waals surface area contributed by atoms with E-state index in [4.69, 9.17) is 10.5 Å². The van der Waals surface area contributed by atoms with Crippen LogP contribution in [0.1, 0.15) is 35.7 Å². The van der Waals surface area contributed by atoms with Crippen LogP contribution in [0.3, 0.4) is 0 Å². The third-order valence-electron chi connectivity index (χ3n) is 4.86. The van der Waals surface area contributed by atoms with Crippen molar-refractivity contribution >= 4 is 18.3 Å². The molecule has 2 aromatic rings. The summed E-state index contributed by atoms with van der Waals surface area (Å²) in [5.41, 5.74) is 7.64. The van der Waals surface area contributed by atoms with Gasteiger partial charge in [0.1, 0.15) is 12.4 Å². The van der Waals surface area contributed by atoms with Crippen LogP contribution < -0.4 is 10.5 Å². The molecule has 26 heavy (non-hydrogen) atoms. The Labute approximate surface area is 161 Å². The quantitative estimate of drug-likeness (QED) is 0.863. The number of amides is 1. The first-order valence-corrected chi connectivity index (χ1v) is 8.95. The normalized spacial score (nSPS) is 19.5. The van der Waals surface area contributed by atoms with Crippen LogP contribution in [0, 0.1) is 5.92 Å². The molecule has 1 amide bonds. The second-order valence-corrected chi connectivity index (χ2v) is 6.82. The maximum absolute atomic E-state index is 12.8. The summed E-state index contributed by atoms with van der Waals surface area (Å²) in [7, 11) is 0. The molecule has 1 saturated heterocycles. The topological polar surface area (TPSA) is 55.6 Å². The van der Waals surface area contributed by atoms with Crippen molar-refractivity contribution in [1.82, 2.24) is 4.90 Å². The molecule has 0 saturated carbocycles. The van der Waals surface area contributed by atoms with E-state index in [9.17, 15) is 4.79 Å². The minimum Gasteiger partial charge on any atom is -0.489 e. The summed E-state index contributed by atoms with van der Waals surface area (Å²) >= 11 is 0. The van der Waals surface area contributed by atoms with Gasteiger partial charge < -0.3 is 15.4 Å². The van der Waals surface area contributed by atoms with Gasteiger partial charge in [0.05, 0.1) is 0 Å². The van der Waals surface area contributed by atoms with Crippen LogP contribution in [-0.4, -0.2) is 29.9 Å². The molecule has 1 heterocycles. The molecule has 1 aliphatic heterocycles. The fourth-order valence-electron chi connectivity index (χ4n) is 3.34. The number of halogens is 1. The molecule has 2 aromatic carbocycles. The van der Waals surface area contributed by atoms with Gasteiger partial charge in [-0.2, -0.15) is 0 Å². The molecule has 0 radical (unpaired) electrons. The number of hydrogen-bond acceptors (Lipinski definition) is 3. The van der Waals surface area contributed by atoms with Crippen LogP contribution in [0.5, 0.6) is 5.75 Å². The minimum absolute atomic E-state index is 0. The van der Waals surface area contributed by atoms with Gasteiger partial charge in [-0.3, -0.25) is 4.79 Å². The molecule has 0 aromatic heterocycles. The number of ether oxygens (including phenoxy) is 1. The van der Waals surface area contributed by atoms with Gasteiger partial charge in [0, 0.05) is 24.7 Å². The second kappa shape index (κ2) is 9.60. The highest BCUT2D eigenvalue weighted by molar-refractivity contribution is 5.94. The number of benzene rings is 2. The Morgan fingerprint density at radius 3 is 2.50 bits per heavy atom. The highest BCUT2D eigenvalue weighted by Crippen LogP contribution is 2.24. The largest absolute Gasteiger partial charge is 0.489 e. The maximum Gasteiger partial charge on any atom is 0.254 e. The zero-order chi connectivity index (χ0) is 17.6. The molecular formula is C21H27ClN2O2. The number of carbonyl (C=O) groups excluding carboxylic acids is 1. The Bertz CT molecular complexity index is 691. The zero-order valence-electron chi connectivity index (χ0n) is 15.1. The first-order chi connectivity index (χ1) is 12.2. The van der Waals surface area contributed by atoms with Gasteiger partial charge in [-0.05, 0) is 48.6 Å². The number of carbonyl (C=O) groups is 1. The molecule has 0 bridgehead atoms. The average molecular weight is 375 g/mol. The van der Waals surface area contributed by atoms with Crippen LogP contribution in [0.2, 0.25) is 0 Å². The van der Waals surface area contributed by atoms with Crippen molar-refractivity contribution < 1.29 is 9.53 Å². The van der Waals surface area contributed by atoms with Gasteiger partial charge in [0.25, 0.3) is 5.91 Å². The number of nitrogens with zero attached hydrogens (tertiary/aromatic N) is 1. The van der Waals surface area contributed by atoms with Gasteiger partial charge in [-0.25, -0.2) is 0 Å². The maximum atomic E-state index is 12.8. The van der Waals surface area contributed by atoms with Crippen LogP contribution in [0.4, 0.5) is 0 Å². The Hall–Kier alpha value is -2.04. The molecule has 4 nitrogen and oxygen atoms in total. The van der Waals surface area contributed by atoms with Gasteiger partial charge in [-0.15, -0.1) is 12.4 Å². The molecule has 2 N–H and O–H groups in total.